The molecule has 2 rings (SSSR count). The fraction of sp³-hybridized carbons (Fsp3) is 0.450. The van der Waals surface area contributed by atoms with Gasteiger partial charge in [0, 0.05) is 10.9 Å². The maximum Gasteiger partial charge on any atom is 0.310 e. The SMILES string of the molecule is Cc1cc2occ(CC(=O)OCC(=O)N[C@@](C)(C#N)C(C)C)c2cc1C. The van der Waals surface area contributed by atoms with Gasteiger partial charge in [-0.05, 0) is 49.9 Å². The van der Waals surface area contributed by atoms with Crippen molar-refractivity contribution in [3.8, 4) is 6.07 Å². The Bertz CT molecular complexity index is 876. The molecule has 0 bridgehead atoms. The molecule has 1 aromatic carbocycles. The van der Waals surface area contributed by atoms with Gasteiger partial charge in [0.15, 0.2) is 6.61 Å². The second-order valence-corrected chi connectivity index (χ2v) is 7.05. The lowest BCUT2D eigenvalue weighted by molar-refractivity contribution is -0.148. The van der Waals surface area contributed by atoms with Crippen LogP contribution in [-0.4, -0.2) is 24.0 Å². The number of benzene rings is 1. The number of nitrogens with one attached hydrogen (secondary N) is 1. The maximum absolute atomic E-state index is 12.1. The number of nitriles is 1. The van der Waals surface area contributed by atoms with Crippen LogP contribution in [0.4, 0.5) is 0 Å². The molecule has 0 aliphatic rings. The molecular formula is C20H24N2O4. The number of nitrogens with zero attached hydrogens (tertiary/aromatic N) is 1. The van der Waals surface area contributed by atoms with E-state index in [0.29, 0.717) is 0 Å². The number of amides is 1. The van der Waals surface area contributed by atoms with E-state index in [1.165, 1.54) is 6.26 Å². The average molecular weight is 356 g/mol. The van der Waals surface area contributed by atoms with Gasteiger partial charge in [-0.3, -0.25) is 9.59 Å². The smallest absolute Gasteiger partial charge is 0.310 e. The van der Waals surface area contributed by atoms with Gasteiger partial charge in [0.1, 0.15) is 11.1 Å². The normalized spacial score (nSPS) is 13.3. The molecule has 0 aliphatic heterocycles. The number of carbonyl (C=O) groups excluding carboxylic acids is 2. The molecule has 1 N–H and O–H groups in total. The van der Waals surface area contributed by atoms with E-state index in [4.69, 9.17) is 9.15 Å². The highest BCUT2D eigenvalue weighted by Gasteiger charge is 2.30. The minimum atomic E-state index is -1.00. The number of esters is 1. The van der Waals surface area contributed by atoms with Crippen molar-refractivity contribution in [2.24, 2.45) is 5.92 Å². The summed E-state index contributed by atoms with van der Waals surface area (Å²) < 4.78 is 10.5. The van der Waals surface area contributed by atoms with Crippen molar-refractivity contribution in [2.75, 3.05) is 6.61 Å². The van der Waals surface area contributed by atoms with Crippen molar-refractivity contribution in [2.45, 2.75) is 46.6 Å². The Hall–Kier alpha value is -2.81. The van der Waals surface area contributed by atoms with Crippen LogP contribution in [0.2, 0.25) is 0 Å². The Morgan fingerprint density at radius 1 is 1.31 bits per heavy atom. The highest BCUT2D eigenvalue weighted by molar-refractivity contribution is 5.88. The summed E-state index contributed by atoms with van der Waals surface area (Å²) in [6.45, 7) is 8.88. The summed E-state index contributed by atoms with van der Waals surface area (Å²) in [4.78, 5) is 24.0. The largest absolute Gasteiger partial charge is 0.464 e. The van der Waals surface area contributed by atoms with E-state index < -0.39 is 24.0 Å². The van der Waals surface area contributed by atoms with Gasteiger partial charge in [0.05, 0.1) is 18.8 Å². The monoisotopic (exact) mass is 356 g/mol. The number of aryl methyl sites for hydroxylation is 2. The lowest BCUT2D eigenvalue weighted by Crippen LogP contribution is -2.50. The third kappa shape index (κ3) is 4.23. The number of rotatable bonds is 6. The summed E-state index contributed by atoms with van der Waals surface area (Å²) in [5.74, 6) is -1.10. The van der Waals surface area contributed by atoms with Crippen molar-refractivity contribution >= 4 is 22.8 Å². The predicted molar refractivity (Wildman–Crippen MR) is 97.3 cm³/mol. The van der Waals surface area contributed by atoms with Gasteiger partial charge in [-0.2, -0.15) is 5.26 Å². The van der Waals surface area contributed by atoms with Gasteiger partial charge >= 0.3 is 5.97 Å². The number of hydrogen-bond acceptors (Lipinski definition) is 5. The molecule has 0 saturated carbocycles. The van der Waals surface area contributed by atoms with Gasteiger partial charge in [-0.1, -0.05) is 13.8 Å². The molecule has 0 unspecified atom stereocenters. The number of furan rings is 1. The molecule has 1 amide bonds. The average Bonchev–Trinajstić information content (AvgIpc) is 2.95. The highest BCUT2D eigenvalue weighted by atomic mass is 16.5. The Morgan fingerprint density at radius 3 is 2.58 bits per heavy atom. The number of ether oxygens (including phenoxy) is 1. The van der Waals surface area contributed by atoms with Gasteiger partial charge in [0.25, 0.3) is 5.91 Å². The maximum atomic E-state index is 12.1. The minimum Gasteiger partial charge on any atom is -0.464 e. The Kier molecular flexibility index (Phi) is 5.71. The molecule has 6 nitrogen and oxygen atoms in total. The zero-order valence-electron chi connectivity index (χ0n) is 15.8. The molecule has 0 radical (unpaired) electrons. The van der Waals surface area contributed by atoms with Crippen molar-refractivity contribution in [1.29, 1.82) is 5.26 Å². The molecule has 0 spiro atoms. The summed E-state index contributed by atoms with van der Waals surface area (Å²) in [7, 11) is 0. The molecule has 1 aromatic heterocycles. The topological polar surface area (TPSA) is 92.3 Å². The second kappa shape index (κ2) is 7.61. The van der Waals surface area contributed by atoms with Crippen LogP contribution in [0.5, 0.6) is 0 Å². The van der Waals surface area contributed by atoms with E-state index in [1.54, 1.807) is 6.92 Å². The molecule has 0 saturated heterocycles. The molecule has 138 valence electrons. The van der Waals surface area contributed by atoms with Crippen molar-refractivity contribution < 1.29 is 18.7 Å². The Balaban J connectivity index is 1.97. The minimum absolute atomic E-state index is 0.0163. The third-order valence-corrected chi connectivity index (χ3v) is 4.76. The van der Waals surface area contributed by atoms with E-state index in [-0.39, 0.29) is 12.3 Å². The standard InChI is InChI=1S/C20H24N2O4/c1-12(2)20(5,11-21)22-18(23)10-26-19(24)8-15-9-25-17-7-14(4)13(3)6-16(15)17/h6-7,9,12H,8,10H2,1-5H3,(H,22,23)/t20-/m0/s1. The van der Waals surface area contributed by atoms with Crippen molar-refractivity contribution in [3.63, 3.8) is 0 Å². The van der Waals surface area contributed by atoms with Crippen LogP contribution in [-0.2, 0) is 20.7 Å². The summed E-state index contributed by atoms with van der Waals surface area (Å²) in [5.41, 5.74) is 2.66. The van der Waals surface area contributed by atoms with Crippen LogP contribution in [0.25, 0.3) is 11.0 Å². The van der Waals surface area contributed by atoms with E-state index in [1.807, 2.05) is 39.8 Å². The van der Waals surface area contributed by atoms with Crippen molar-refractivity contribution in [3.05, 3.63) is 35.1 Å². The molecule has 0 fully saturated rings. The predicted octanol–water partition coefficient (Wildman–Crippen LogP) is 3.19. The quantitative estimate of drug-likeness (QED) is 0.803. The molecule has 26 heavy (non-hydrogen) atoms. The van der Waals surface area contributed by atoms with Gasteiger partial charge in [-0.25, -0.2) is 0 Å². The summed E-state index contributed by atoms with van der Waals surface area (Å²) in [5, 5.41) is 12.7. The van der Waals surface area contributed by atoms with E-state index in [2.05, 4.69) is 11.4 Å². The molecule has 0 aliphatic carbocycles. The third-order valence-electron chi connectivity index (χ3n) is 4.76. The first-order chi connectivity index (χ1) is 12.2. The number of carbonyl (C=O) groups is 2. The summed E-state index contributed by atoms with van der Waals surface area (Å²) in [6, 6.07) is 5.99. The molecule has 1 heterocycles. The zero-order chi connectivity index (χ0) is 19.5. The van der Waals surface area contributed by atoms with Gasteiger partial charge in [0.2, 0.25) is 0 Å². The first kappa shape index (κ1) is 19.5. The van der Waals surface area contributed by atoms with Crippen LogP contribution < -0.4 is 5.32 Å². The molecular weight excluding hydrogens is 332 g/mol. The molecule has 6 heteroatoms. The lowest BCUT2D eigenvalue weighted by Gasteiger charge is -2.27. The molecule has 2 aromatic rings. The van der Waals surface area contributed by atoms with Gasteiger partial charge < -0.3 is 14.5 Å². The van der Waals surface area contributed by atoms with E-state index in [0.717, 1.165) is 27.7 Å². The van der Waals surface area contributed by atoms with E-state index >= 15 is 0 Å². The zero-order valence-corrected chi connectivity index (χ0v) is 15.8. The fourth-order valence-electron chi connectivity index (χ4n) is 2.45. The fourth-order valence-corrected chi connectivity index (χ4v) is 2.45. The van der Waals surface area contributed by atoms with Crippen LogP contribution >= 0.6 is 0 Å². The Morgan fingerprint density at radius 2 is 1.96 bits per heavy atom. The van der Waals surface area contributed by atoms with Crippen LogP contribution in [0.15, 0.2) is 22.8 Å². The second-order valence-electron chi connectivity index (χ2n) is 7.05. The Labute approximate surface area is 153 Å². The summed E-state index contributed by atoms with van der Waals surface area (Å²) in [6.07, 6.45) is 1.55. The first-order valence-electron chi connectivity index (χ1n) is 8.51. The van der Waals surface area contributed by atoms with Crippen LogP contribution in [0, 0.1) is 31.1 Å². The lowest BCUT2D eigenvalue weighted by atomic mass is 9.90. The number of hydrogen-bond donors (Lipinski definition) is 1. The van der Waals surface area contributed by atoms with Crippen LogP contribution in [0.1, 0.15) is 37.5 Å². The van der Waals surface area contributed by atoms with Gasteiger partial charge in [-0.15, -0.1) is 0 Å². The van der Waals surface area contributed by atoms with Crippen LogP contribution in [0.3, 0.4) is 0 Å². The van der Waals surface area contributed by atoms with E-state index in [9.17, 15) is 14.9 Å². The van der Waals surface area contributed by atoms with Crippen molar-refractivity contribution in [1.82, 2.24) is 5.32 Å². The number of fused-ring (bicyclic) bond motifs is 1. The first-order valence-corrected chi connectivity index (χ1v) is 8.51. The molecule has 1 atom stereocenters. The highest BCUT2D eigenvalue weighted by Crippen LogP contribution is 2.25. The summed E-state index contributed by atoms with van der Waals surface area (Å²) >= 11 is 0.